The summed E-state index contributed by atoms with van der Waals surface area (Å²) < 4.78 is 15.6. The molecule has 23 heavy (non-hydrogen) atoms. The molecule has 3 heterocycles. The Balaban J connectivity index is 1.61. The summed E-state index contributed by atoms with van der Waals surface area (Å²) in [5.41, 5.74) is 0.898. The van der Waals surface area contributed by atoms with Crippen molar-refractivity contribution in [3.63, 3.8) is 0 Å². The molecule has 3 rings (SSSR count). The van der Waals surface area contributed by atoms with Gasteiger partial charge >= 0.3 is 0 Å². The summed E-state index contributed by atoms with van der Waals surface area (Å²) in [5, 5.41) is 5.72. The monoisotopic (exact) mass is 318 g/mol. The summed E-state index contributed by atoms with van der Waals surface area (Å²) in [4.78, 5) is 24.3. The van der Waals surface area contributed by atoms with Gasteiger partial charge in [0.2, 0.25) is 0 Å². The number of furan rings is 2. The van der Waals surface area contributed by atoms with Crippen LogP contribution in [0.5, 0.6) is 0 Å². The number of hydrogen-bond acceptors (Lipinski definition) is 5. The third kappa shape index (κ3) is 3.45. The first-order valence-corrected chi connectivity index (χ1v) is 7.32. The van der Waals surface area contributed by atoms with Gasteiger partial charge in [-0.05, 0) is 26.0 Å². The lowest BCUT2D eigenvalue weighted by Gasteiger charge is -2.19. The van der Waals surface area contributed by atoms with Gasteiger partial charge < -0.3 is 24.2 Å². The van der Waals surface area contributed by atoms with E-state index in [4.69, 9.17) is 13.6 Å². The molecule has 0 spiro atoms. The molecule has 1 aliphatic heterocycles. The average Bonchev–Trinajstić information content (AvgIpc) is 3.22. The van der Waals surface area contributed by atoms with E-state index in [0.717, 1.165) is 0 Å². The van der Waals surface area contributed by atoms with Gasteiger partial charge in [0.15, 0.2) is 0 Å². The van der Waals surface area contributed by atoms with Crippen molar-refractivity contribution in [2.24, 2.45) is 0 Å². The minimum absolute atomic E-state index is 0.254. The lowest BCUT2D eigenvalue weighted by Crippen LogP contribution is -2.50. The van der Waals surface area contributed by atoms with E-state index in [1.165, 1.54) is 12.5 Å². The predicted octanol–water partition coefficient (Wildman–Crippen LogP) is 1.42. The highest BCUT2D eigenvalue weighted by Crippen LogP contribution is 2.12. The van der Waals surface area contributed by atoms with Crippen LogP contribution >= 0.6 is 0 Å². The molecule has 0 saturated carbocycles. The van der Waals surface area contributed by atoms with Crippen LogP contribution in [0.4, 0.5) is 0 Å². The molecule has 0 bridgehead atoms. The molecule has 2 amide bonds. The molecule has 7 heteroatoms. The van der Waals surface area contributed by atoms with Crippen molar-refractivity contribution in [3.8, 4) is 0 Å². The minimum atomic E-state index is -0.297. The number of carbonyl (C=O) groups excluding carboxylic acids is 2. The maximum absolute atomic E-state index is 12.2. The maximum Gasteiger partial charge on any atom is 0.254 e. The van der Waals surface area contributed by atoms with Gasteiger partial charge in [-0.15, -0.1) is 0 Å². The Morgan fingerprint density at radius 1 is 0.913 bits per heavy atom. The van der Waals surface area contributed by atoms with Crippen LogP contribution < -0.4 is 10.6 Å². The van der Waals surface area contributed by atoms with Crippen molar-refractivity contribution in [2.45, 2.75) is 25.9 Å². The van der Waals surface area contributed by atoms with E-state index in [1.807, 2.05) is 0 Å². The van der Waals surface area contributed by atoms with Gasteiger partial charge in [-0.1, -0.05) is 0 Å². The third-order valence-electron chi connectivity index (χ3n) is 3.70. The minimum Gasteiger partial charge on any atom is -0.469 e. The van der Waals surface area contributed by atoms with Gasteiger partial charge in [-0.3, -0.25) is 9.59 Å². The zero-order valence-corrected chi connectivity index (χ0v) is 12.9. The Bertz CT molecular complexity index is 657. The van der Waals surface area contributed by atoms with E-state index >= 15 is 0 Å². The molecule has 0 aromatic carbocycles. The topological polar surface area (TPSA) is 93.7 Å². The molecule has 122 valence electrons. The number of rotatable bonds is 4. The Morgan fingerprint density at radius 3 is 1.70 bits per heavy atom. The summed E-state index contributed by atoms with van der Waals surface area (Å²) >= 11 is 0. The van der Waals surface area contributed by atoms with Crippen LogP contribution in [0, 0.1) is 13.8 Å². The van der Waals surface area contributed by atoms with Crippen LogP contribution in [0.25, 0.3) is 0 Å². The number of aryl methyl sites for hydroxylation is 2. The van der Waals surface area contributed by atoms with Crippen LogP contribution in [-0.4, -0.2) is 37.1 Å². The molecule has 2 aromatic heterocycles. The largest absolute Gasteiger partial charge is 0.469 e. The SMILES string of the molecule is Cc1cc(C(=O)N[C@H]2COC[C@H]2NC(=O)c2coc(C)c2)co1. The van der Waals surface area contributed by atoms with Gasteiger partial charge in [0.1, 0.15) is 24.0 Å². The summed E-state index contributed by atoms with van der Waals surface area (Å²) in [5.74, 6) is 0.822. The van der Waals surface area contributed by atoms with Gasteiger partial charge in [0.25, 0.3) is 11.8 Å². The highest BCUT2D eigenvalue weighted by atomic mass is 16.5. The Hall–Kier alpha value is -2.54. The van der Waals surface area contributed by atoms with Crippen LogP contribution in [0.15, 0.2) is 33.5 Å². The smallest absolute Gasteiger partial charge is 0.254 e. The van der Waals surface area contributed by atoms with E-state index in [-0.39, 0.29) is 23.9 Å². The summed E-state index contributed by atoms with van der Waals surface area (Å²) in [7, 11) is 0. The fourth-order valence-corrected chi connectivity index (χ4v) is 2.47. The molecule has 2 N–H and O–H groups in total. The molecule has 0 unspecified atom stereocenters. The second-order valence-electron chi connectivity index (χ2n) is 5.59. The van der Waals surface area contributed by atoms with Gasteiger partial charge in [0.05, 0.1) is 36.4 Å². The Morgan fingerprint density at radius 2 is 1.35 bits per heavy atom. The van der Waals surface area contributed by atoms with Crippen LogP contribution in [0.3, 0.4) is 0 Å². The van der Waals surface area contributed by atoms with E-state index in [2.05, 4.69) is 10.6 Å². The van der Waals surface area contributed by atoms with Gasteiger partial charge in [0, 0.05) is 0 Å². The van der Waals surface area contributed by atoms with E-state index in [0.29, 0.717) is 35.9 Å². The van der Waals surface area contributed by atoms with Crippen molar-refractivity contribution >= 4 is 11.8 Å². The van der Waals surface area contributed by atoms with Crippen molar-refractivity contribution in [3.05, 3.63) is 47.3 Å². The zero-order valence-electron chi connectivity index (χ0n) is 12.9. The fraction of sp³-hybridized carbons (Fsp3) is 0.375. The molecule has 0 radical (unpaired) electrons. The van der Waals surface area contributed by atoms with E-state index < -0.39 is 0 Å². The summed E-state index contributed by atoms with van der Waals surface area (Å²) in [6.07, 6.45) is 2.81. The highest BCUT2D eigenvalue weighted by Gasteiger charge is 2.31. The second kappa shape index (κ2) is 6.29. The average molecular weight is 318 g/mol. The maximum atomic E-state index is 12.2. The van der Waals surface area contributed by atoms with Gasteiger partial charge in [-0.2, -0.15) is 0 Å². The molecule has 2 aromatic rings. The standard InChI is InChI=1S/C16H18N2O5/c1-9-3-11(5-22-9)15(19)17-13-7-21-8-14(13)18-16(20)12-4-10(2)23-6-12/h3-6,13-14H,7-8H2,1-2H3,(H,17,19)(H,18,20)/t13-,14+. The molecule has 1 saturated heterocycles. The second-order valence-corrected chi connectivity index (χ2v) is 5.59. The zero-order chi connectivity index (χ0) is 16.4. The van der Waals surface area contributed by atoms with Crippen molar-refractivity contribution < 1.29 is 23.2 Å². The lowest BCUT2D eigenvalue weighted by molar-refractivity contribution is 0.0896. The Kier molecular flexibility index (Phi) is 4.20. The predicted molar refractivity (Wildman–Crippen MR) is 80.2 cm³/mol. The molecule has 2 atom stereocenters. The van der Waals surface area contributed by atoms with E-state index in [9.17, 15) is 9.59 Å². The normalized spacial score (nSPS) is 20.4. The van der Waals surface area contributed by atoms with Crippen LogP contribution in [0.2, 0.25) is 0 Å². The Labute approximate surface area is 133 Å². The van der Waals surface area contributed by atoms with Crippen molar-refractivity contribution in [2.75, 3.05) is 13.2 Å². The third-order valence-corrected chi connectivity index (χ3v) is 3.70. The lowest BCUT2D eigenvalue weighted by atomic mass is 10.1. The number of nitrogens with one attached hydrogen (secondary N) is 2. The number of ether oxygens (including phenoxy) is 1. The molecule has 7 nitrogen and oxygen atoms in total. The van der Waals surface area contributed by atoms with Crippen LogP contribution in [0.1, 0.15) is 32.2 Å². The van der Waals surface area contributed by atoms with Crippen molar-refractivity contribution in [1.29, 1.82) is 0 Å². The van der Waals surface area contributed by atoms with Crippen LogP contribution in [-0.2, 0) is 4.74 Å². The summed E-state index contributed by atoms with van der Waals surface area (Å²) in [6.45, 7) is 4.23. The summed E-state index contributed by atoms with van der Waals surface area (Å²) in [6, 6.07) is 2.73. The molecule has 1 fully saturated rings. The fourth-order valence-electron chi connectivity index (χ4n) is 2.47. The first-order valence-electron chi connectivity index (χ1n) is 7.32. The molecule has 0 aliphatic carbocycles. The first kappa shape index (κ1) is 15.4. The highest BCUT2D eigenvalue weighted by molar-refractivity contribution is 5.95. The number of carbonyl (C=O) groups is 2. The number of hydrogen-bond donors (Lipinski definition) is 2. The molecular formula is C16H18N2O5. The first-order chi connectivity index (χ1) is 11.0. The quantitative estimate of drug-likeness (QED) is 0.889. The molecule has 1 aliphatic rings. The van der Waals surface area contributed by atoms with Crippen molar-refractivity contribution in [1.82, 2.24) is 10.6 Å². The molecular weight excluding hydrogens is 300 g/mol. The number of amides is 2. The van der Waals surface area contributed by atoms with E-state index in [1.54, 1.807) is 26.0 Å². The van der Waals surface area contributed by atoms with Gasteiger partial charge in [-0.25, -0.2) is 0 Å².